The van der Waals surface area contributed by atoms with Crippen LogP contribution in [0.25, 0.3) is 0 Å². The highest BCUT2D eigenvalue weighted by molar-refractivity contribution is 4.89. The maximum Gasteiger partial charge on any atom is 0.0558 e. The lowest BCUT2D eigenvalue weighted by Gasteiger charge is -2.36. The summed E-state index contributed by atoms with van der Waals surface area (Å²) in [7, 11) is 0. The molecule has 0 atom stereocenters. The fraction of sp³-hybridized carbons (Fsp3) is 1.00. The Labute approximate surface area is 93.6 Å². The molecule has 0 heterocycles. The van der Waals surface area contributed by atoms with Gasteiger partial charge in [0, 0.05) is 19.1 Å². The zero-order valence-electron chi connectivity index (χ0n) is 10.2. The molecular weight excluding hydrogens is 188 g/mol. The molecule has 0 amide bonds. The smallest absolute Gasteiger partial charge is 0.0558 e. The van der Waals surface area contributed by atoms with E-state index < -0.39 is 0 Å². The molecule has 3 N–H and O–H groups in total. The van der Waals surface area contributed by atoms with Gasteiger partial charge in [-0.15, -0.1) is 0 Å². The van der Waals surface area contributed by atoms with Crippen molar-refractivity contribution in [3.63, 3.8) is 0 Å². The summed E-state index contributed by atoms with van der Waals surface area (Å²) in [4.78, 5) is 2.36. The van der Waals surface area contributed by atoms with Crippen LogP contribution in [0.4, 0.5) is 0 Å². The minimum atomic E-state index is 0.249. The van der Waals surface area contributed by atoms with Gasteiger partial charge in [-0.2, -0.15) is 0 Å². The van der Waals surface area contributed by atoms with Gasteiger partial charge in [0.1, 0.15) is 0 Å². The van der Waals surface area contributed by atoms with Crippen molar-refractivity contribution in [2.45, 2.75) is 45.6 Å². The van der Waals surface area contributed by atoms with Gasteiger partial charge in [-0.1, -0.05) is 12.8 Å². The summed E-state index contributed by atoms with van der Waals surface area (Å²) >= 11 is 0. The number of nitrogens with two attached hydrogens (primary N) is 1. The predicted octanol–water partition coefficient (Wildman–Crippen LogP) is 1.21. The van der Waals surface area contributed by atoms with Crippen LogP contribution < -0.4 is 5.73 Å². The Balaban J connectivity index is 2.54. The van der Waals surface area contributed by atoms with Gasteiger partial charge in [0.2, 0.25) is 0 Å². The van der Waals surface area contributed by atoms with E-state index in [-0.39, 0.29) is 6.61 Å². The molecule has 1 saturated carbocycles. The molecule has 1 fully saturated rings. The highest BCUT2D eigenvalue weighted by atomic mass is 16.3. The quantitative estimate of drug-likeness (QED) is 0.698. The molecule has 90 valence electrons. The third kappa shape index (κ3) is 3.44. The highest BCUT2D eigenvalue weighted by Crippen LogP contribution is 2.38. The average Bonchev–Trinajstić information content (AvgIpc) is 2.66. The van der Waals surface area contributed by atoms with Crippen LogP contribution in [0.1, 0.15) is 39.5 Å². The molecule has 3 heteroatoms. The fourth-order valence-corrected chi connectivity index (χ4v) is 2.63. The van der Waals surface area contributed by atoms with Crippen LogP contribution in [-0.2, 0) is 0 Å². The van der Waals surface area contributed by atoms with Gasteiger partial charge >= 0.3 is 0 Å². The largest absolute Gasteiger partial charge is 0.395 e. The lowest BCUT2D eigenvalue weighted by molar-refractivity contribution is 0.105. The standard InChI is InChI=1S/C12H26N2O/c1-11(2)14(7-8-15)10-12(9-13)5-3-4-6-12/h11,15H,3-10,13H2,1-2H3. The first-order valence-electron chi connectivity index (χ1n) is 6.18. The molecule has 0 aromatic carbocycles. The molecule has 0 spiro atoms. The maximum atomic E-state index is 9.04. The van der Waals surface area contributed by atoms with E-state index in [1.807, 2.05) is 0 Å². The van der Waals surface area contributed by atoms with Crippen molar-refractivity contribution < 1.29 is 5.11 Å². The van der Waals surface area contributed by atoms with E-state index in [1.54, 1.807) is 0 Å². The Morgan fingerprint density at radius 3 is 2.33 bits per heavy atom. The molecule has 1 aliphatic rings. The van der Waals surface area contributed by atoms with E-state index in [0.717, 1.165) is 19.6 Å². The summed E-state index contributed by atoms with van der Waals surface area (Å²) in [6.07, 6.45) is 5.17. The third-order valence-electron chi connectivity index (χ3n) is 3.75. The zero-order valence-corrected chi connectivity index (χ0v) is 10.2. The normalized spacial score (nSPS) is 20.4. The summed E-state index contributed by atoms with van der Waals surface area (Å²) in [5, 5.41) is 9.04. The number of hydrogen-bond acceptors (Lipinski definition) is 3. The van der Waals surface area contributed by atoms with Gasteiger partial charge in [-0.25, -0.2) is 0 Å². The molecule has 1 aliphatic carbocycles. The Morgan fingerprint density at radius 1 is 1.33 bits per heavy atom. The molecule has 0 aromatic heterocycles. The van der Waals surface area contributed by atoms with Gasteiger partial charge in [-0.3, -0.25) is 4.90 Å². The van der Waals surface area contributed by atoms with Crippen molar-refractivity contribution in [1.29, 1.82) is 0 Å². The Bertz CT molecular complexity index is 176. The first-order valence-corrected chi connectivity index (χ1v) is 6.18. The van der Waals surface area contributed by atoms with Crippen molar-refractivity contribution in [2.24, 2.45) is 11.1 Å². The molecule has 0 radical (unpaired) electrons. The minimum Gasteiger partial charge on any atom is -0.395 e. The number of nitrogens with zero attached hydrogens (tertiary/aromatic N) is 1. The summed E-state index contributed by atoms with van der Waals surface area (Å²) in [5.41, 5.74) is 6.26. The van der Waals surface area contributed by atoms with E-state index in [2.05, 4.69) is 18.7 Å². The van der Waals surface area contributed by atoms with Gasteiger partial charge < -0.3 is 10.8 Å². The molecule has 0 bridgehead atoms. The maximum absolute atomic E-state index is 9.04. The van der Waals surface area contributed by atoms with E-state index in [4.69, 9.17) is 10.8 Å². The van der Waals surface area contributed by atoms with Crippen LogP contribution in [0.2, 0.25) is 0 Å². The van der Waals surface area contributed by atoms with Crippen LogP contribution in [0.3, 0.4) is 0 Å². The van der Waals surface area contributed by atoms with Crippen LogP contribution in [-0.4, -0.2) is 42.3 Å². The Hall–Kier alpha value is -0.120. The van der Waals surface area contributed by atoms with Crippen LogP contribution >= 0.6 is 0 Å². The number of aliphatic hydroxyl groups is 1. The van der Waals surface area contributed by atoms with Gasteiger partial charge in [0.25, 0.3) is 0 Å². The van der Waals surface area contributed by atoms with Crippen molar-refractivity contribution in [1.82, 2.24) is 4.90 Å². The van der Waals surface area contributed by atoms with Crippen molar-refractivity contribution in [3.8, 4) is 0 Å². The van der Waals surface area contributed by atoms with Gasteiger partial charge in [0.05, 0.1) is 6.61 Å². The first-order chi connectivity index (χ1) is 7.13. The lowest BCUT2D eigenvalue weighted by atomic mass is 9.85. The van der Waals surface area contributed by atoms with E-state index in [9.17, 15) is 0 Å². The average molecular weight is 214 g/mol. The van der Waals surface area contributed by atoms with E-state index in [1.165, 1.54) is 25.7 Å². The molecule has 0 aliphatic heterocycles. The third-order valence-corrected chi connectivity index (χ3v) is 3.75. The summed E-state index contributed by atoms with van der Waals surface area (Å²) in [6, 6.07) is 0.501. The molecular formula is C12H26N2O. The summed E-state index contributed by atoms with van der Waals surface area (Å²) in [6.45, 7) is 7.26. The fourth-order valence-electron chi connectivity index (χ4n) is 2.63. The van der Waals surface area contributed by atoms with Gasteiger partial charge in [-0.05, 0) is 38.6 Å². The second-order valence-corrected chi connectivity index (χ2v) is 5.20. The molecule has 15 heavy (non-hydrogen) atoms. The molecule has 0 unspecified atom stereocenters. The van der Waals surface area contributed by atoms with E-state index in [0.29, 0.717) is 11.5 Å². The summed E-state index contributed by atoms with van der Waals surface area (Å²) < 4.78 is 0. The lowest BCUT2D eigenvalue weighted by Crippen LogP contribution is -2.45. The molecule has 1 rings (SSSR count). The zero-order chi connectivity index (χ0) is 11.3. The molecule has 0 saturated heterocycles. The van der Waals surface area contributed by atoms with Crippen molar-refractivity contribution in [3.05, 3.63) is 0 Å². The highest BCUT2D eigenvalue weighted by Gasteiger charge is 2.34. The van der Waals surface area contributed by atoms with Crippen LogP contribution in [0, 0.1) is 5.41 Å². The van der Waals surface area contributed by atoms with E-state index >= 15 is 0 Å². The minimum absolute atomic E-state index is 0.249. The van der Waals surface area contributed by atoms with Crippen molar-refractivity contribution >= 4 is 0 Å². The van der Waals surface area contributed by atoms with Crippen molar-refractivity contribution in [2.75, 3.05) is 26.2 Å². The van der Waals surface area contributed by atoms with Crippen LogP contribution in [0.5, 0.6) is 0 Å². The second-order valence-electron chi connectivity index (χ2n) is 5.20. The van der Waals surface area contributed by atoms with Crippen LogP contribution in [0.15, 0.2) is 0 Å². The number of rotatable bonds is 6. The molecule has 3 nitrogen and oxygen atoms in total. The molecule has 0 aromatic rings. The Kier molecular flexibility index (Phi) is 5.03. The predicted molar refractivity (Wildman–Crippen MR) is 63.8 cm³/mol. The SMILES string of the molecule is CC(C)N(CCO)CC1(CN)CCCC1. The Morgan fingerprint density at radius 2 is 1.93 bits per heavy atom. The second kappa shape index (κ2) is 5.83. The van der Waals surface area contributed by atoms with Gasteiger partial charge in [0.15, 0.2) is 0 Å². The monoisotopic (exact) mass is 214 g/mol. The summed E-state index contributed by atoms with van der Waals surface area (Å²) in [5.74, 6) is 0. The number of aliphatic hydroxyl groups excluding tert-OH is 1. The number of hydrogen-bond donors (Lipinski definition) is 2. The topological polar surface area (TPSA) is 49.5 Å². The first kappa shape index (κ1) is 12.9.